The van der Waals surface area contributed by atoms with Crippen molar-refractivity contribution < 1.29 is 22.8 Å². The van der Waals surface area contributed by atoms with E-state index in [1.165, 1.54) is 18.2 Å². The number of rotatable bonds is 14. The number of fused-ring (bicyclic) bond motifs is 4. The van der Waals surface area contributed by atoms with Gasteiger partial charge in [-0.25, -0.2) is 28.1 Å². The molecule has 12 aromatic rings. The topological polar surface area (TPSA) is 287 Å². The summed E-state index contributed by atoms with van der Waals surface area (Å²) in [4.78, 5) is 21.1. The summed E-state index contributed by atoms with van der Waals surface area (Å²) in [6.45, 7) is 13.1. The van der Waals surface area contributed by atoms with E-state index in [0.29, 0.717) is 35.2 Å². The monoisotopic (exact) mass is 1160 g/mol. The molecule has 0 aliphatic carbocycles. The van der Waals surface area contributed by atoms with Gasteiger partial charge >= 0.3 is 0 Å². The molecule has 1 fully saturated rings. The average Bonchev–Trinajstić information content (AvgIpc) is 3.79. The molecule has 1 saturated heterocycles. The van der Waals surface area contributed by atoms with Gasteiger partial charge in [-0.05, 0) is 209 Å². The molecule has 7 N–H and O–H groups in total. The van der Waals surface area contributed by atoms with Crippen LogP contribution in [0.5, 0.6) is 5.75 Å². The summed E-state index contributed by atoms with van der Waals surface area (Å²) < 4.78 is 38.3. The third-order valence-electron chi connectivity index (χ3n) is 14.3. The van der Waals surface area contributed by atoms with Gasteiger partial charge in [0.05, 0.1) is 40.9 Å². The summed E-state index contributed by atoms with van der Waals surface area (Å²) in [5.74, 6) is 2.55. The number of aliphatic hydroxyl groups is 1. The van der Waals surface area contributed by atoms with Crippen molar-refractivity contribution in [2.24, 2.45) is 0 Å². The molecule has 21 nitrogen and oxygen atoms in total. The van der Waals surface area contributed by atoms with Crippen molar-refractivity contribution in [3.63, 3.8) is 0 Å². The second-order valence-corrected chi connectivity index (χ2v) is 23.2. The van der Waals surface area contributed by atoms with Crippen molar-refractivity contribution in [1.29, 1.82) is 0 Å². The molecule has 6 aromatic heterocycles. The number of nitrogens with zero attached hydrogens (tertiary/aromatic N) is 11. The summed E-state index contributed by atoms with van der Waals surface area (Å²) in [6.07, 6.45) is 4.31. The standard InChI is InChI=1S/C25H28N6O3S2.C20H19N5O2.C16H13N5/c1-17-14-22-23(15-21(17)24-9-6-19(16-32)35-24)29-30-25(28-22)27-18-4-7-20(8-5-18)36(33,34)26-10-13-31-11-2-3-12-31;1-11-9-14(18-12(2)25-27-13(18)3)10-17-19(11)22-20(24-23-17)21-15-5-7-16(26-4)8-6-15;1-9-7-10(8-14-15(9)19-16(17)21-20-14)11-3-2-4-13-12(11)5-6-18-13/h4-9,14-15,26,32H,2-3,10-13,16H2,1H3,(H,27,28,30);5-10H,1-4H3,(H,21,22,24);2-8,18H,1H3,(H2,17,19,21). The first-order valence-electron chi connectivity index (χ1n) is 27.1. The maximum absolute atomic E-state index is 12.6. The number of methoxy groups -OCH3 is 1. The Kier molecular flexibility index (Phi) is 16.5. The Bertz CT molecular complexity index is 4430. The molecular formula is C61H60N16O5S2. The van der Waals surface area contributed by atoms with Gasteiger partial charge in [-0.1, -0.05) is 17.3 Å². The summed E-state index contributed by atoms with van der Waals surface area (Å²) in [5, 5.41) is 45.9. The van der Waals surface area contributed by atoms with Gasteiger partial charge in [0.25, 0.3) is 0 Å². The number of nitrogen functional groups attached to an aromatic ring is 1. The van der Waals surface area contributed by atoms with Crippen LogP contribution in [-0.2, 0) is 16.6 Å². The number of aliphatic hydroxyl groups excluding tert-OH is 1. The number of likely N-dealkylation sites (tertiary alicyclic amines) is 1. The minimum atomic E-state index is -3.56. The van der Waals surface area contributed by atoms with Gasteiger partial charge < -0.3 is 40.6 Å². The maximum Gasteiger partial charge on any atom is 0.247 e. The van der Waals surface area contributed by atoms with Crippen LogP contribution in [0.3, 0.4) is 0 Å². The van der Waals surface area contributed by atoms with Crippen LogP contribution >= 0.6 is 11.3 Å². The van der Waals surface area contributed by atoms with Crippen molar-refractivity contribution in [2.45, 2.75) is 59.0 Å². The molecule has 0 spiro atoms. The number of benzene rings is 6. The molecule has 0 unspecified atom stereocenters. The number of aromatic nitrogens is 11. The highest BCUT2D eigenvalue weighted by Gasteiger charge is 2.19. The first-order chi connectivity index (χ1) is 40.7. The number of aromatic amines is 1. The van der Waals surface area contributed by atoms with E-state index < -0.39 is 10.0 Å². The van der Waals surface area contributed by atoms with Gasteiger partial charge in [0.1, 0.15) is 28.1 Å². The molecule has 6 aromatic carbocycles. The Morgan fingerprint density at radius 1 is 0.690 bits per heavy atom. The Balaban J connectivity index is 0.000000136. The van der Waals surface area contributed by atoms with E-state index in [4.69, 9.17) is 15.0 Å². The summed E-state index contributed by atoms with van der Waals surface area (Å²) >= 11 is 1.55. The fourth-order valence-electron chi connectivity index (χ4n) is 10.1. The first-order valence-corrected chi connectivity index (χ1v) is 29.4. The number of hydrogen-bond donors (Lipinski definition) is 6. The van der Waals surface area contributed by atoms with Gasteiger partial charge in [0.2, 0.25) is 27.9 Å². The number of hydrogen-bond acceptors (Lipinski definition) is 20. The Labute approximate surface area is 487 Å². The zero-order valence-electron chi connectivity index (χ0n) is 47.0. The number of nitrogens with two attached hydrogens (primary N) is 1. The number of ether oxygens (including phenoxy) is 1. The predicted octanol–water partition coefficient (Wildman–Crippen LogP) is 11.1. The van der Waals surface area contributed by atoms with Crippen molar-refractivity contribution >= 4 is 94.6 Å². The average molecular weight is 1160 g/mol. The SMILES string of the molecule is COc1ccc(Nc2nnc3cc(-c4c(C)noc4C)cc(C)c3n2)cc1.Cc1cc(-c2cccc3[nH]ccc23)cc2nnc(N)nc12.Cc1cc2nc(Nc3ccc(S(=O)(=O)NCCN4CCCC4)cc3)nnc2cc1-c1ccc(CO)s1. The molecule has 0 amide bonds. The highest BCUT2D eigenvalue weighted by Crippen LogP contribution is 2.35. The van der Waals surface area contributed by atoms with Crippen LogP contribution in [0.25, 0.3) is 76.7 Å². The lowest BCUT2D eigenvalue weighted by atomic mass is 9.99. The molecular weight excluding hydrogens is 1100 g/mol. The molecule has 0 bridgehead atoms. The van der Waals surface area contributed by atoms with Crippen LogP contribution in [0.2, 0.25) is 0 Å². The fraction of sp³-hybridized carbons (Fsp3) is 0.213. The molecule has 84 heavy (non-hydrogen) atoms. The van der Waals surface area contributed by atoms with Crippen LogP contribution < -0.4 is 25.8 Å². The van der Waals surface area contributed by atoms with Gasteiger partial charge in [-0.3, -0.25) is 0 Å². The quantitative estimate of drug-likeness (QED) is 0.0590. The second kappa shape index (κ2) is 24.6. The third-order valence-corrected chi connectivity index (χ3v) is 16.9. The smallest absolute Gasteiger partial charge is 0.247 e. The lowest BCUT2D eigenvalue weighted by molar-refractivity contribution is 0.285. The first kappa shape index (κ1) is 56.5. The fourth-order valence-corrected chi connectivity index (χ4v) is 12.1. The number of sulfonamides is 1. The number of anilines is 5. The highest BCUT2D eigenvalue weighted by atomic mass is 32.2. The van der Waals surface area contributed by atoms with Crippen LogP contribution in [-0.4, -0.2) is 107 Å². The lowest BCUT2D eigenvalue weighted by Gasteiger charge is -2.15. The minimum Gasteiger partial charge on any atom is -0.497 e. The molecule has 0 atom stereocenters. The minimum absolute atomic E-state index is 0.0237. The molecule has 426 valence electrons. The Morgan fingerprint density at radius 2 is 1.36 bits per heavy atom. The van der Waals surface area contributed by atoms with Crippen LogP contribution in [0.4, 0.5) is 29.2 Å². The van der Waals surface area contributed by atoms with Crippen LogP contribution in [0.15, 0.2) is 137 Å². The third kappa shape index (κ3) is 12.6. The van der Waals surface area contributed by atoms with E-state index in [-0.39, 0.29) is 17.5 Å². The summed E-state index contributed by atoms with van der Waals surface area (Å²) in [7, 11) is -1.93. The molecule has 0 saturated carbocycles. The number of H-pyrrole nitrogens is 1. The number of thiophene rings is 1. The van der Waals surface area contributed by atoms with Gasteiger partial charge in [0, 0.05) is 56.9 Å². The zero-order chi connectivity index (χ0) is 58.5. The van der Waals surface area contributed by atoms with E-state index in [1.54, 1.807) is 42.7 Å². The van der Waals surface area contributed by atoms with Gasteiger partial charge in [-0.15, -0.1) is 41.9 Å². The summed E-state index contributed by atoms with van der Waals surface area (Å²) in [5.41, 5.74) is 22.0. The molecule has 23 heteroatoms. The van der Waals surface area contributed by atoms with Crippen LogP contribution in [0.1, 0.15) is 45.9 Å². The molecule has 13 rings (SSSR count). The van der Waals surface area contributed by atoms with Crippen LogP contribution in [0, 0.1) is 34.6 Å². The van der Waals surface area contributed by atoms with E-state index >= 15 is 0 Å². The van der Waals surface area contributed by atoms with Gasteiger partial charge in [0.15, 0.2) is 0 Å². The zero-order valence-corrected chi connectivity index (χ0v) is 48.6. The Hall–Kier alpha value is -9.39. The van der Waals surface area contributed by atoms with Crippen molar-refractivity contribution in [1.82, 2.24) is 65.3 Å². The molecule has 1 aliphatic rings. The maximum atomic E-state index is 12.6. The molecule has 1 aliphatic heterocycles. The highest BCUT2D eigenvalue weighted by molar-refractivity contribution is 7.89. The second-order valence-electron chi connectivity index (χ2n) is 20.2. The molecule has 7 heterocycles. The largest absolute Gasteiger partial charge is 0.497 e. The predicted molar refractivity (Wildman–Crippen MR) is 329 cm³/mol. The number of aryl methyl sites for hydroxylation is 5. The van der Waals surface area contributed by atoms with Crippen molar-refractivity contribution in [3.8, 4) is 38.4 Å². The molecule has 0 radical (unpaired) electrons. The lowest BCUT2D eigenvalue weighted by Crippen LogP contribution is -2.33. The Morgan fingerprint density at radius 3 is 2.05 bits per heavy atom. The number of nitrogens with one attached hydrogen (secondary N) is 4. The van der Waals surface area contributed by atoms with Crippen molar-refractivity contribution in [3.05, 3.63) is 161 Å². The van der Waals surface area contributed by atoms with Crippen molar-refractivity contribution in [2.75, 3.05) is 49.7 Å². The van der Waals surface area contributed by atoms with E-state index in [0.717, 1.165) is 124 Å². The van der Waals surface area contributed by atoms with Gasteiger partial charge in [-0.2, -0.15) is 0 Å². The van der Waals surface area contributed by atoms with E-state index in [1.807, 2.05) is 108 Å². The van der Waals surface area contributed by atoms with E-state index in [2.05, 4.69) is 106 Å². The normalized spacial score (nSPS) is 12.6. The van der Waals surface area contributed by atoms with E-state index in [9.17, 15) is 13.5 Å². The summed E-state index contributed by atoms with van der Waals surface area (Å²) in [6, 6.07) is 38.3.